The lowest BCUT2D eigenvalue weighted by atomic mass is 9.90. The molecule has 2 heteroatoms. The third-order valence-corrected chi connectivity index (χ3v) is 3.55. The average molecular weight is 213 g/mol. The standard InChI is InChI=1S/C13H27NO/c1-3-14-13-10-6-4-5-8-12(13)9-7-11-15-2/h12-14H,3-11H2,1-2H3. The third-order valence-electron chi connectivity index (χ3n) is 3.55. The van der Waals surface area contributed by atoms with E-state index in [0.717, 1.165) is 25.1 Å². The van der Waals surface area contributed by atoms with Gasteiger partial charge in [-0.2, -0.15) is 0 Å². The lowest BCUT2D eigenvalue weighted by Gasteiger charge is -2.25. The van der Waals surface area contributed by atoms with Crippen LogP contribution in [0.25, 0.3) is 0 Å². The molecule has 0 aromatic heterocycles. The molecular weight excluding hydrogens is 186 g/mol. The molecule has 1 aliphatic carbocycles. The second-order valence-electron chi connectivity index (χ2n) is 4.70. The highest BCUT2D eigenvalue weighted by atomic mass is 16.5. The molecule has 15 heavy (non-hydrogen) atoms. The van der Waals surface area contributed by atoms with Crippen molar-refractivity contribution in [2.24, 2.45) is 5.92 Å². The van der Waals surface area contributed by atoms with Crippen molar-refractivity contribution in [2.75, 3.05) is 20.3 Å². The van der Waals surface area contributed by atoms with Crippen LogP contribution < -0.4 is 5.32 Å². The van der Waals surface area contributed by atoms with Crippen molar-refractivity contribution in [1.29, 1.82) is 0 Å². The highest BCUT2D eigenvalue weighted by Gasteiger charge is 2.22. The van der Waals surface area contributed by atoms with E-state index in [2.05, 4.69) is 12.2 Å². The van der Waals surface area contributed by atoms with Gasteiger partial charge in [0.05, 0.1) is 0 Å². The second kappa shape index (κ2) is 8.12. The number of hydrogen-bond donors (Lipinski definition) is 1. The lowest BCUT2D eigenvalue weighted by molar-refractivity contribution is 0.180. The SMILES string of the molecule is CCNC1CCCCCC1CCCOC. The Bertz CT molecular complexity index is 149. The van der Waals surface area contributed by atoms with Gasteiger partial charge in [0, 0.05) is 19.8 Å². The van der Waals surface area contributed by atoms with Crippen LogP contribution in [-0.2, 0) is 4.74 Å². The molecule has 2 nitrogen and oxygen atoms in total. The van der Waals surface area contributed by atoms with E-state index in [-0.39, 0.29) is 0 Å². The molecule has 90 valence electrons. The minimum absolute atomic E-state index is 0.773. The first kappa shape index (κ1) is 13.0. The fraction of sp³-hybridized carbons (Fsp3) is 1.00. The maximum atomic E-state index is 5.14. The quantitative estimate of drug-likeness (QED) is 0.541. The van der Waals surface area contributed by atoms with Crippen LogP contribution >= 0.6 is 0 Å². The first-order valence-corrected chi connectivity index (χ1v) is 6.60. The molecule has 0 amide bonds. The first-order valence-electron chi connectivity index (χ1n) is 6.60. The fourth-order valence-electron chi connectivity index (χ4n) is 2.75. The normalized spacial score (nSPS) is 27.6. The zero-order valence-corrected chi connectivity index (χ0v) is 10.4. The zero-order chi connectivity index (χ0) is 10.9. The number of hydrogen-bond acceptors (Lipinski definition) is 2. The Morgan fingerprint density at radius 2 is 2.00 bits per heavy atom. The molecule has 0 aromatic carbocycles. The number of nitrogens with one attached hydrogen (secondary N) is 1. The second-order valence-corrected chi connectivity index (χ2v) is 4.70. The van der Waals surface area contributed by atoms with E-state index in [1.807, 2.05) is 0 Å². The summed E-state index contributed by atoms with van der Waals surface area (Å²) < 4.78 is 5.14. The van der Waals surface area contributed by atoms with Crippen LogP contribution in [0.15, 0.2) is 0 Å². The van der Waals surface area contributed by atoms with Gasteiger partial charge in [0.1, 0.15) is 0 Å². The van der Waals surface area contributed by atoms with Gasteiger partial charge >= 0.3 is 0 Å². The van der Waals surface area contributed by atoms with Gasteiger partial charge in [0.15, 0.2) is 0 Å². The van der Waals surface area contributed by atoms with E-state index in [9.17, 15) is 0 Å². The molecule has 0 aromatic rings. The van der Waals surface area contributed by atoms with E-state index in [1.165, 1.54) is 44.9 Å². The Balaban J connectivity index is 2.32. The van der Waals surface area contributed by atoms with Crippen LogP contribution in [0.4, 0.5) is 0 Å². The van der Waals surface area contributed by atoms with Crippen molar-refractivity contribution in [3.63, 3.8) is 0 Å². The Labute approximate surface area is 94.8 Å². The molecule has 2 unspecified atom stereocenters. The van der Waals surface area contributed by atoms with Gasteiger partial charge in [-0.1, -0.05) is 26.2 Å². The minimum atomic E-state index is 0.773. The molecule has 1 aliphatic rings. The van der Waals surface area contributed by atoms with Gasteiger partial charge in [0.25, 0.3) is 0 Å². The maximum absolute atomic E-state index is 5.14. The smallest absolute Gasteiger partial charge is 0.0462 e. The fourth-order valence-corrected chi connectivity index (χ4v) is 2.75. The molecular formula is C13H27NO. The van der Waals surface area contributed by atoms with Gasteiger partial charge in [-0.05, 0) is 38.1 Å². The predicted molar refractivity (Wildman–Crippen MR) is 65.1 cm³/mol. The van der Waals surface area contributed by atoms with Gasteiger partial charge < -0.3 is 10.1 Å². The average Bonchev–Trinajstić information content (AvgIpc) is 2.45. The molecule has 0 bridgehead atoms. The summed E-state index contributed by atoms with van der Waals surface area (Å²) in [5.74, 6) is 0.891. The molecule has 1 saturated carbocycles. The number of rotatable bonds is 6. The molecule has 1 N–H and O–H groups in total. The van der Waals surface area contributed by atoms with Crippen LogP contribution in [0.2, 0.25) is 0 Å². The topological polar surface area (TPSA) is 21.3 Å². The van der Waals surface area contributed by atoms with Crippen molar-refractivity contribution in [1.82, 2.24) is 5.32 Å². The molecule has 0 spiro atoms. The Kier molecular flexibility index (Phi) is 7.03. The Morgan fingerprint density at radius 3 is 2.73 bits per heavy atom. The number of methoxy groups -OCH3 is 1. The monoisotopic (exact) mass is 213 g/mol. The van der Waals surface area contributed by atoms with Crippen LogP contribution in [0.1, 0.15) is 51.9 Å². The summed E-state index contributed by atoms with van der Waals surface area (Å²) in [6, 6.07) is 0.773. The highest BCUT2D eigenvalue weighted by Crippen LogP contribution is 2.27. The molecule has 0 aliphatic heterocycles. The summed E-state index contributed by atoms with van der Waals surface area (Å²) in [6.45, 7) is 4.26. The Morgan fingerprint density at radius 1 is 1.20 bits per heavy atom. The van der Waals surface area contributed by atoms with Crippen LogP contribution in [-0.4, -0.2) is 26.3 Å². The van der Waals surface area contributed by atoms with E-state index in [1.54, 1.807) is 7.11 Å². The molecule has 1 rings (SSSR count). The van der Waals surface area contributed by atoms with Gasteiger partial charge in [-0.15, -0.1) is 0 Å². The van der Waals surface area contributed by atoms with E-state index in [0.29, 0.717) is 0 Å². The van der Waals surface area contributed by atoms with E-state index < -0.39 is 0 Å². The van der Waals surface area contributed by atoms with Crippen molar-refractivity contribution < 1.29 is 4.74 Å². The molecule has 0 radical (unpaired) electrons. The molecule has 2 atom stereocenters. The minimum Gasteiger partial charge on any atom is -0.385 e. The van der Waals surface area contributed by atoms with Crippen molar-refractivity contribution in [3.05, 3.63) is 0 Å². The van der Waals surface area contributed by atoms with Crippen LogP contribution in [0.5, 0.6) is 0 Å². The predicted octanol–water partition coefficient (Wildman–Crippen LogP) is 2.97. The summed E-state index contributed by atoms with van der Waals surface area (Å²) in [5, 5.41) is 3.66. The summed E-state index contributed by atoms with van der Waals surface area (Å²) >= 11 is 0. The van der Waals surface area contributed by atoms with Gasteiger partial charge in [-0.25, -0.2) is 0 Å². The largest absolute Gasteiger partial charge is 0.385 e. The number of ether oxygens (including phenoxy) is 1. The van der Waals surface area contributed by atoms with E-state index >= 15 is 0 Å². The van der Waals surface area contributed by atoms with Crippen molar-refractivity contribution in [2.45, 2.75) is 57.9 Å². The van der Waals surface area contributed by atoms with Gasteiger partial charge in [-0.3, -0.25) is 0 Å². The van der Waals surface area contributed by atoms with Crippen LogP contribution in [0.3, 0.4) is 0 Å². The summed E-state index contributed by atoms with van der Waals surface area (Å²) in [6.07, 6.45) is 9.64. The maximum Gasteiger partial charge on any atom is 0.0462 e. The summed E-state index contributed by atoms with van der Waals surface area (Å²) in [5.41, 5.74) is 0. The van der Waals surface area contributed by atoms with Gasteiger partial charge in [0.2, 0.25) is 0 Å². The highest BCUT2D eigenvalue weighted by molar-refractivity contribution is 4.79. The first-order chi connectivity index (χ1) is 7.38. The molecule has 0 saturated heterocycles. The van der Waals surface area contributed by atoms with Crippen molar-refractivity contribution >= 4 is 0 Å². The summed E-state index contributed by atoms with van der Waals surface area (Å²) in [7, 11) is 1.80. The van der Waals surface area contributed by atoms with E-state index in [4.69, 9.17) is 4.74 Å². The lowest BCUT2D eigenvalue weighted by Crippen LogP contribution is -2.35. The zero-order valence-electron chi connectivity index (χ0n) is 10.4. The molecule has 0 heterocycles. The molecule has 1 fully saturated rings. The van der Waals surface area contributed by atoms with Crippen LogP contribution in [0, 0.1) is 5.92 Å². The summed E-state index contributed by atoms with van der Waals surface area (Å²) in [4.78, 5) is 0. The third kappa shape index (κ3) is 4.98. The Hall–Kier alpha value is -0.0800. The van der Waals surface area contributed by atoms with Crippen molar-refractivity contribution in [3.8, 4) is 0 Å².